The van der Waals surface area contributed by atoms with Gasteiger partial charge in [0.15, 0.2) is 11.5 Å². The number of ether oxygens (including phenoxy) is 2. The second kappa shape index (κ2) is 9.23. The Bertz CT molecular complexity index is 1120. The molecule has 0 fully saturated rings. The van der Waals surface area contributed by atoms with E-state index in [2.05, 4.69) is 15.4 Å². The van der Waals surface area contributed by atoms with Crippen molar-refractivity contribution in [2.45, 2.75) is 0 Å². The highest BCUT2D eigenvalue weighted by molar-refractivity contribution is 7.13. The van der Waals surface area contributed by atoms with Gasteiger partial charge < -0.3 is 14.8 Å². The molecule has 8 heteroatoms. The number of aromatic nitrogens is 3. The summed E-state index contributed by atoms with van der Waals surface area (Å²) < 4.78 is 12.7. The predicted molar refractivity (Wildman–Crippen MR) is 115 cm³/mol. The number of para-hydroxylation sites is 3. The number of hydrogen-bond donors (Lipinski definition) is 1. The van der Waals surface area contributed by atoms with Crippen LogP contribution in [0.2, 0.25) is 0 Å². The first-order valence-corrected chi connectivity index (χ1v) is 10.2. The zero-order valence-electron chi connectivity index (χ0n) is 16.3. The summed E-state index contributed by atoms with van der Waals surface area (Å²) in [7, 11) is 1.59. The fourth-order valence-electron chi connectivity index (χ4n) is 2.82. The van der Waals surface area contributed by atoms with Crippen molar-refractivity contribution in [3.63, 3.8) is 0 Å². The van der Waals surface area contributed by atoms with Crippen molar-refractivity contribution in [2.24, 2.45) is 0 Å². The average Bonchev–Trinajstić information content (AvgIpc) is 3.47. The van der Waals surface area contributed by atoms with E-state index >= 15 is 0 Å². The number of rotatable bonds is 8. The van der Waals surface area contributed by atoms with Crippen molar-refractivity contribution in [1.82, 2.24) is 20.1 Å². The summed E-state index contributed by atoms with van der Waals surface area (Å²) in [4.78, 5) is 16.8. The maximum Gasteiger partial charge on any atom is 0.270 e. The van der Waals surface area contributed by atoms with Gasteiger partial charge in [-0.15, -0.1) is 11.3 Å². The van der Waals surface area contributed by atoms with Gasteiger partial charge >= 0.3 is 0 Å². The maximum absolute atomic E-state index is 12.4. The minimum absolute atomic E-state index is 0.239. The molecule has 2 aromatic carbocycles. The van der Waals surface area contributed by atoms with Gasteiger partial charge in [0.25, 0.3) is 5.91 Å². The second-order valence-electron chi connectivity index (χ2n) is 6.30. The van der Waals surface area contributed by atoms with Crippen LogP contribution in [0.25, 0.3) is 16.3 Å². The van der Waals surface area contributed by atoms with Gasteiger partial charge in [0.1, 0.15) is 17.3 Å². The molecule has 4 rings (SSSR count). The van der Waals surface area contributed by atoms with E-state index in [9.17, 15) is 4.79 Å². The highest BCUT2D eigenvalue weighted by Gasteiger charge is 2.13. The second-order valence-corrected chi connectivity index (χ2v) is 7.16. The molecule has 2 aromatic heterocycles. The normalized spacial score (nSPS) is 10.6. The molecule has 0 aliphatic carbocycles. The maximum atomic E-state index is 12.4. The highest BCUT2D eigenvalue weighted by atomic mass is 32.1. The quantitative estimate of drug-likeness (QED) is 0.439. The van der Waals surface area contributed by atoms with Crippen LogP contribution in [0, 0.1) is 0 Å². The van der Waals surface area contributed by atoms with Crippen LogP contribution in [-0.4, -0.2) is 40.9 Å². The Morgan fingerprint density at radius 2 is 1.87 bits per heavy atom. The van der Waals surface area contributed by atoms with Crippen molar-refractivity contribution in [2.75, 3.05) is 20.3 Å². The number of methoxy groups -OCH3 is 1. The fourth-order valence-corrected chi connectivity index (χ4v) is 3.60. The van der Waals surface area contributed by atoms with E-state index in [-0.39, 0.29) is 5.91 Å². The summed E-state index contributed by atoms with van der Waals surface area (Å²) in [6, 6.07) is 17.2. The van der Waals surface area contributed by atoms with Gasteiger partial charge in [-0.3, -0.25) is 4.79 Å². The standard InChI is InChI=1S/C22H20N4O3S/c1-28-19-9-5-6-10-20(19)29-12-11-23-21(27)18-15-30-22(25-18)16-13-24-26(14-16)17-7-3-2-4-8-17/h2-10,13-15H,11-12H2,1H3,(H,23,27). The molecular formula is C22H20N4O3S. The molecule has 0 unspecified atom stereocenters. The third-order valence-electron chi connectivity index (χ3n) is 4.30. The van der Waals surface area contributed by atoms with Crippen LogP contribution in [-0.2, 0) is 0 Å². The summed E-state index contributed by atoms with van der Waals surface area (Å²) in [5, 5.41) is 9.68. The smallest absolute Gasteiger partial charge is 0.270 e. The monoisotopic (exact) mass is 420 g/mol. The summed E-state index contributed by atoms with van der Waals surface area (Å²) in [6.07, 6.45) is 3.64. The van der Waals surface area contributed by atoms with Crippen molar-refractivity contribution < 1.29 is 14.3 Å². The third kappa shape index (κ3) is 4.49. The predicted octanol–water partition coefficient (Wildman–Crippen LogP) is 3.81. The molecule has 1 N–H and O–H groups in total. The van der Waals surface area contributed by atoms with Gasteiger partial charge in [0.05, 0.1) is 25.5 Å². The highest BCUT2D eigenvalue weighted by Crippen LogP contribution is 2.26. The van der Waals surface area contributed by atoms with E-state index in [0.29, 0.717) is 30.3 Å². The molecule has 0 bridgehead atoms. The first kappa shape index (κ1) is 19.7. The van der Waals surface area contributed by atoms with Gasteiger partial charge in [-0.1, -0.05) is 30.3 Å². The molecule has 30 heavy (non-hydrogen) atoms. The number of carbonyl (C=O) groups excluding carboxylic acids is 1. The van der Waals surface area contributed by atoms with Crippen LogP contribution < -0.4 is 14.8 Å². The Hall–Kier alpha value is -3.65. The topological polar surface area (TPSA) is 78.3 Å². The van der Waals surface area contributed by atoms with Crippen molar-refractivity contribution in [1.29, 1.82) is 0 Å². The molecule has 0 atom stereocenters. The van der Waals surface area contributed by atoms with Crippen LogP contribution in [0.15, 0.2) is 72.4 Å². The third-order valence-corrected chi connectivity index (χ3v) is 5.19. The van der Waals surface area contributed by atoms with E-state index in [1.165, 1.54) is 11.3 Å². The minimum atomic E-state index is -0.239. The Balaban J connectivity index is 1.33. The summed E-state index contributed by atoms with van der Waals surface area (Å²) >= 11 is 1.41. The van der Waals surface area contributed by atoms with Crippen LogP contribution in [0.5, 0.6) is 11.5 Å². The molecule has 1 amide bonds. The molecule has 7 nitrogen and oxygen atoms in total. The van der Waals surface area contributed by atoms with Gasteiger partial charge in [-0.05, 0) is 24.3 Å². The molecule has 0 saturated carbocycles. The van der Waals surface area contributed by atoms with Gasteiger partial charge in [-0.25, -0.2) is 9.67 Å². The summed E-state index contributed by atoms with van der Waals surface area (Å²) in [6.45, 7) is 0.683. The van der Waals surface area contributed by atoms with Crippen molar-refractivity contribution >= 4 is 17.2 Å². The molecule has 4 aromatic rings. The van der Waals surface area contributed by atoms with Crippen LogP contribution >= 0.6 is 11.3 Å². The number of hydrogen-bond acceptors (Lipinski definition) is 6. The zero-order chi connectivity index (χ0) is 20.8. The summed E-state index contributed by atoms with van der Waals surface area (Å²) in [5.41, 5.74) is 2.20. The Kier molecular flexibility index (Phi) is 6.05. The largest absolute Gasteiger partial charge is 0.493 e. The van der Waals surface area contributed by atoms with Crippen LogP contribution in [0.4, 0.5) is 0 Å². The Morgan fingerprint density at radius 1 is 1.10 bits per heavy atom. The van der Waals surface area contributed by atoms with E-state index in [0.717, 1.165) is 16.3 Å². The van der Waals surface area contributed by atoms with Crippen LogP contribution in [0.1, 0.15) is 10.5 Å². The first-order valence-electron chi connectivity index (χ1n) is 9.34. The van der Waals surface area contributed by atoms with E-state index in [1.807, 2.05) is 60.8 Å². The van der Waals surface area contributed by atoms with E-state index in [1.54, 1.807) is 23.4 Å². The van der Waals surface area contributed by atoms with E-state index < -0.39 is 0 Å². The van der Waals surface area contributed by atoms with Gasteiger partial charge in [0, 0.05) is 17.1 Å². The van der Waals surface area contributed by atoms with Crippen molar-refractivity contribution in [3.8, 4) is 27.8 Å². The number of nitrogens with one attached hydrogen (secondary N) is 1. The molecule has 0 radical (unpaired) electrons. The molecule has 0 spiro atoms. The Labute approximate surface area is 177 Å². The molecule has 2 heterocycles. The van der Waals surface area contributed by atoms with Gasteiger partial charge in [0.2, 0.25) is 0 Å². The summed E-state index contributed by atoms with van der Waals surface area (Å²) in [5.74, 6) is 1.06. The molecule has 0 aliphatic rings. The lowest BCUT2D eigenvalue weighted by molar-refractivity contribution is 0.0942. The molecule has 152 valence electrons. The van der Waals surface area contributed by atoms with Crippen molar-refractivity contribution in [3.05, 3.63) is 78.1 Å². The fraction of sp³-hybridized carbons (Fsp3) is 0.136. The molecule has 0 saturated heterocycles. The Morgan fingerprint density at radius 3 is 2.67 bits per heavy atom. The number of thiazole rings is 1. The molecule has 0 aliphatic heterocycles. The minimum Gasteiger partial charge on any atom is -0.493 e. The zero-order valence-corrected chi connectivity index (χ0v) is 17.1. The number of carbonyl (C=O) groups is 1. The lowest BCUT2D eigenvalue weighted by Crippen LogP contribution is -2.28. The lowest BCUT2D eigenvalue weighted by atomic mass is 10.3. The number of benzene rings is 2. The first-order chi connectivity index (χ1) is 14.7. The number of amides is 1. The van der Waals surface area contributed by atoms with E-state index in [4.69, 9.17) is 9.47 Å². The van der Waals surface area contributed by atoms with Gasteiger partial charge in [-0.2, -0.15) is 5.10 Å². The SMILES string of the molecule is COc1ccccc1OCCNC(=O)c1csc(-c2cnn(-c3ccccc3)c2)n1. The number of nitrogens with zero attached hydrogens (tertiary/aromatic N) is 3. The lowest BCUT2D eigenvalue weighted by Gasteiger charge is -2.10. The average molecular weight is 420 g/mol. The molecular weight excluding hydrogens is 400 g/mol. The van der Waals surface area contributed by atoms with Crippen LogP contribution in [0.3, 0.4) is 0 Å².